The Hall–Kier alpha value is -2.19. The molecule has 0 radical (unpaired) electrons. The highest BCUT2D eigenvalue weighted by Gasteiger charge is 2.11. The SMILES string of the molecule is CCC(C)NC(=O)/C(C#N)=C\Nc1cc(Cl)ccc1OC. The first-order valence-corrected chi connectivity index (χ1v) is 6.90. The van der Waals surface area contributed by atoms with Crippen molar-refractivity contribution >= 4 is 23.2 Å². The first-order valence-electron chi connectivity index (χ1n) is 6.53. The van der Waals surface area contributed by atoms with E-state index in [1.54, 1.807) is 18.2 Å². The van der Waals surface area contributed by atoms with Gasteiger partial charge in [0.15, 0.2) is 0 Å². The van der Waals surface area contributed by atoms with Gasteiger partial charge in [0.05, 0.1) is 12.8 Å². The first-order chi connectivity index (χ1) is 10.0. The largest absolute Gasteiger partial charge is 0.495 e. The van der Waals surface area contributed by atoms with E-state index in [0.29, 0.717) is 16.5 Å². The minimum Gasteiger partial charge on any atom is -0.495 e. The number of halogens is 1. The third kappa shape index (κ3) is 5.01. The normalized spacial score (nSPS) is 12.2. The van der Waals surface area contributed by atoms with Crippen LogP contribution in [0.15, 0.2) is 30.0 Å². The molecule has 0 saturated carbocycles. The van der Waals surface area contributed by atoms with Crippen molar-refractivity contribution in [3.8, 4) is 11.8 Å². The molecule has 0 fully saturated rings. The molecule has 6 heteroatoms. The summed E-state index contributed by atoms with van der Waals surface area (Å²) in [6, 6.07) is 6.92. The Morgan fingerprint density at radius 2 is 2.29 bits per heavy atom. The van der Waals surface area contributed by atoms with Crippen LogP contribution in [0.3, 0.4) is 0 Å². The molecule has 0 saturated heterocycles. The average Bonchev–Trinajstić information content (AvgIpc) is 2.47. The Kier molecular flexibility index (Phi) is 6.57. The fourth-order valence-corrected chi connectivity index (χ4v) is 1.67. The molecule has 1 amide bonds. The van der Waals surface area contributed by atoms with Gasteiger partial charge >= 0.3 is 0 Å². The van der Waals surface area contributed by atoms with Crippen LogP contribution in [0.1, 0.15) is 20.3 Å². The molecule has 2 N–H and O–H groups in total. The molecule has 1 aromatic carbocycles. The number of nitriles is 1. The zero-order valence-corrected chi connectivity index (χ0v) is 13.0. The second-order valence-electron chi connectivity index (χ2n) is 4.44. The van der Waals surface area contributed by atoms with E-state index in [1.165, 1.54) is 13.3 Å². The summed E-state index contributed by atoms with van der Waals surface area (Å²) < 4.78 is 5.17. The lowest BCUT2D eigenvalue weighted by atomic mass is 10.2. The molecule has 0 aromatic heterocycles. The van der Waals surface area contributed by atoms with E-state index in [1.807, 2.05) is 19.9 Å². The van der Waals surface area contributed by atoms with Crippen molar-refractivity contribution < 1.29 is 9.53 Å². The molecule has 1 unspecified atom stereocenters. The van der Waals surface area contributed by atoms with Crippen molar-refractivity contribution in [3.63, 3.8) is 0 Å². The zero-order chi connectivity index (χ0) is 15.8. The maximum absolute atomic E-state index is 11.9. The van der Waals surface area contributed by atoms with Gasteiger partial charge in [-0.05, 0) is 31.5 Å². The lowest BCUT2D eigenvalue weighted by Crippen LogP contribution is -2.33. The van der Waals surface area contributed by atoms with Crippen molar-refractivity contribution in [1.29, 1.82) is 5.26 Å². The maximum Gasteiger partial charge on any atom is 0.263 e. The number of amides is 1. The van der Waals surface area contributed by atoms with Gasteiger partial charge in [-0.1, -0.05) is 18.5 Å². The number of ether oxygens (including phenoxy) is 1. The van der Waals surface area contributed by atoms with Crippen LogP contribution in [0.25, 0.3) is 0 Å². The highest BCUT2D eigenvalue weighted by molar-refractivity contribution is 6.30. The van der Waals surface area contributed by atoms with E-state index in [0.717, 1.165) is 6.42 Å². The third-order valence-electron chi connectivity index (χ3n) is 2.89. The predicted octanol–water partition coefficient (Wildman–Crippen LogP) is 3.08. The highest BCUT2D eigenvalue weighted by atomic mass is 35.5. The summed E-state index contributed by atoms with van der Waals surface area (Å²) >= 11 is 5.91. The number of anilines is 1. The van der Waals surface area contributed by atoms with Gasteiger partial charge in [-0.25, -0.2) is 0 Å². The van der Waals surface area contributed by atoms with Gasteiger partial charge in [-0.3, -0.25) is 4.79 Å². The summed E-state index contributed by atoms with van der Waals surface area (Å²) in [5.74, 6) is 0.149. The molecule has 1 atom stereocenters. The van der Waals surface area contributed by atoms with E-state index in [2.05, 4.69) is 10.6 Å². The van der Waals surface area contributed by atoms with Crippen LogP contribution < -0.4 is 15.4 Å². The Morgan fingerprint density at radius 3 is 2.86 bits per heavy atom. The van der Waals surface area contributed by atoms with Gasteiger partial charge in [0.1, 0.15) is 17.4 Å². The number of rotatable bonds is 6. The number of carbonyl (C=O) groups excluding carboxylic acids is 1. The van der Waals surface area contributed by atoms with Crippen LogP contribution in [0.5, 0.6) is 5.75 Å². The molecule has 1 aromatic rings. The fourth-order valence-electron chi connectivity index (χ4n) is 1.50. The van der Waals surface area contributed by atoms with Crippen LogP contribution in [0.2, 0.25) is 5.02 Å². The van der Waals surface area contributed by atoms with E-state index in [4.69, 9.17) is 21.6 Å². The van der Waals surface area contributed by atoms with E-state index >= 15 is 0 Å². The number of hydrogen-bond donors (Lipinski definition) is 2. The zero-order valence-electron chi connectivity index (χ0n) is 12.2. The minimum atomic E-state index is -0.416. The van der Waals surface area contributed by atoms with Gasteiger partial charge in [-0.15, -0.1) is 0 Å². The lowest BCUT2D eigenvalue weighted by molar-refractivity contribution is -0.117. The summed E-state index contributed by atoms with van der Waals surface area (Å²) in [4.78, 5) is 11.9. The number of nitrogens with zero attached hydrogens (tertiary/aromatic N) is 1. The smallest absolute Gasteiger partial charge is 0.263 e. The first kappa shape index (κ1) is 16.9. The van der Waals surface area contributed by atoms with Crippen LogP contribution >= 0.6 is 11.6 Å². The van der Waals surface area contributed by atoms with Crippen molar-refractivity contribution in [2.45, 2.75) is 26.3 Å². The number of nitrogens with one attached hydrogen (secondary N) is 2. The van der Waals surface area contributed by atoms with Gasteiger partial charge in [0.2, 0.25) is 0 Å². The molecule has 5 nitrogen and oxygen atoms in total. The summed E-state index contributed by atoms with van der Waals surface area (Å²) in [5.41, 5.74) is 0.561. The molecule has 0 heterocycles. The Bertz CT molecular complexity index is 579. The monoisotopic (exact) mass is 307 g/mol. The maximum atomic E-state index is 11.9. The van der Waals surface area contributed by atoms with E-state index in [-0.39, 0.29) is 11.6 Å². The quantitative estimate of drug-likeness (QED) is 0.625. The molecule has 0 bridgehead atoms. The summed E-state index contributed by atoms with van der Waals surface area (Å²) in [6.07, 6.45) is 2.13. The molecular formula is C15H18ClN3O2. The van der Waals surface area contributed by atoms with Crippen LogP contribution in [0, 0.1) is 11.3 Å². The Balaban J connectivity index is 2.89. The van der Waals surface area contributed by atoms with Crippen molar-refractivity contribution in [2.75, 3.05) is 12.4 Å². The fraction of sp³-hybridized carbons (Fsp3) is 0.333. The summed E-state index contributed by atoms with van der Waals surface area (Å²) in [7, 11) is 1.53. The van der Waals surface area contributed by atoms with Crippen molar-refractivity contribution in [1.82, 2.24) is 5.32 Å². The molecule has 112 valence electrons. The summed E-state index contributed by atoms with van der Waals surface area (Å²) in [5, 5.41) is 15.2. The van der Waals surface area contributed by atoms with Gasteiger partial charge in [0, 0.05) is 17.3 Å². The number of benzene rings is 1. The third-order valence-corrected chi connectivity index (χ3v) is 3.12. The number of carbonyl (C=O) groups is 1. The second-order valence-corrected chi connectivity index (χ2v) is 4.88. The van der Waals surface area contributed by atoms with Crippen LogP contribution in [0.4, 0.5) is 5.69 Å². The minimum absolute atomic E-state index is 0.00922. The van der Waals surface area contributed by atoms with Gasteiger partial charge < -0.3 is 15.4 Å². The Morgan fingerprint density at radius 1 is 1.57 bits per heavy atom. The number of hydrogen-bond acceptors (Lipinski definition) is 4. The average molecular weight is 308 g/mol. The molecule has 0 aliphatic rings. The molecular weight excluding hydrogens is 290 g/mol. The van der Waals surface area contributed by atoms with Gasteiger partial charge in [0.25, 0.3) is 5.91 Å². The second kappa shape index (κ2) is 8.18. The predicted molar refractivity (Wildman–Crippen MR) is 83.2 cm³/mol. The van der Waals surface area contributed by atoms with E-state index in [9.17, 15) is 4.79 Å². The topological polar surface area (TPSA) is 74.2 Å². The lowest BCUT2D eigenvalue weighted by Gasteiger charge is -2.11. The van der Waals surface area contributed by atoms with E-state index < -0.39 is 5.91 Å². The van der Waals surface area contributed by atoms with Crippen LogP contribution in [-0.4, -0.2) is 19.1 Å². The molecule has 0 aliphatic carbocycles. The van der Waals surface area contributed by atoms with Crippen LogP contribution in [-0.2, 0) is 4.79 Å². The summed E-state index contributed by atoms with van der Waals surface area (Å²) in [6.45, 7) is 3.83. The number of methoxy groups -OCH3 is 1. The molecule has 21 heavy (non-hydrogen) atoms. The highest BCUT2D eigenvalue weighted by Crippen LogP contribution is 2.27. The molecule has 0 aliphatic heterocycles. The van der Waals surface area contributed by atoms with Crippen molar-refractivity contribution in [3.05, 3.63) is 35.0 Å². The molecule has 0 spiro atoms. The standard InChI is InChI=1S/C15H18ClN3O2/c1-4-10(2)19-15(20)11(8-17)9-18-13-7-12(16)5-6-14(13)21-3/h5-7,9-10,18H,4H2,1-3H3,(H,19,20)/b11-9-. The van der Waals surface area contributed by atoms with Gasteiger partial charge in [-0.2, -0.15) is 5.26 Å². The molecule has 1 rings (SSSR count). The van der Waals surface area contributed by atoms with Crippen molar-refractivity contribution in [2.24, 2.45) is 0 Å². The Labute approximate surface area is 129 Å².